The summed E-state index contributed by atoms with van der Waals surface area (Å²) >= 11 is 0. The molecule has 136 valence electrons. The molecule has 3 rings (SSSR count). The molecule has 0 radical (unpaired) electrons. The van der Waals surface area contributed by atoms with Gasteiger partial charge in [-0.05, 0) is 30.7 Å². The van der Waals surface area contributed by atoms with Crippen LogP contribution in [0.2, 0.25) is 0 Å². The maximum atomic E-state index is 12.9. The second kappa shape index (κ2) is 7.58. The lowest BCUT2D eigenvalue weighted by molar-refractivity contribution is -0.125. The Balaban J connectivity index is 1.77. The Morgan fingerprint density at radius 2 is 1.96 bits per heavy atom. The molecule has 1 atom stereocenters. The molecule has 26 heavy (non-hydrogen) atoms. The van der Waals surface area contributed by atoms with Gasteiger partial charge in [-0.1, -0.05) is 24.3 Å². The van der Waals surface area contributed by atoms with Crippen molar-refractivity contribution in [2.45, 2.75) is 19.5 Å². The Hall–Kier alpha value is -2.86. The summed E-state index contributed by atoms with van der Waals surface area (Å²) in [5.74, 6) is -0.243. The number of carbonyl (C=O) groups excluding carboxylic acids is 1. The average Bonchev–Trinajstić information content (AvgIpc) is 2.66. The summed E-state index contributed by atoms with van der Waals surface area (Å²) in [5.41, 5.74) is 1.81. The third-order valence-electron chi connectivity index (χ3n) is 4.77. The van der Waals surface area contributed by atoms with Gasteiger partial charge >= 0.3 is 5.97 Å². The first-order valence-corrected chi connectivity index (χ1v) is 8.52. The van der Waals surface area contributed by atoms with Crippen LogP contribution in [0.25, 0.3) is 0 Å². The standard InChI is InChI=1S/C20H22N2O4/c1-14-19(23)22(16-7-5-8-17(12-16)26-2)11-10-21(14)13-15-6-3-4-9-18(15)20(24)25/h3-9,12,14H,10-11,13H2,1-2H3,(H,24,25). The summed E-state index contributed by atoms with van der Waals surface area (Å²) in [6, 6.07) is 14.0. The highest BCUT2D eigenvalue weighted by atomic mass is 16.5. The molecule has 0 saturated carbocycles. The fourth-order valence-corrected chi connectivity index (χ4v) is 3.25. The summed E-state index contributed by atoms with van der Waals surface area (Å²) in [4.78, 5) is 28.0. The Labute approximate surface area is 152 Å². The molecule has 0 aromatic heterocycles. The van der Waals surface area contributed by atoms with Crippen LogP contribution in [0.5, 0.6) is 5.75 Å². The van der Waals surface area contributed by atoms with Crippen molar-refractivity contribution in [3.05, 3.63) is 59.7 Å². The molecule has 1 N–H and O–H groups in total. The minimum Gasteiger partial charge on any atom is -0.497 e. The molecule has 1 heterocycles. The SMILES string of the molecule is COc1cccc(N2CCN(Cc3ccccc3C(=O)O)C(C)C2=O)c1. The Bertz CT molecular complexity index is 821. The van der Waals surface area contributed by atoms with E-state index in [2.05, 4.69) is 0 Å². The minimum absolute atomic E-state index is 0.00249. The van der Waals surface area contributed by atoms with Crippen molar-refractivity contribution in [3.63, 3.8) is 0 Å². The fourth-order valence-electron chi connectivity index (χ4n) is 3.25. The van der Waals surface area contributed by atoms with Crippen molar-refractivity contribution in [1.29, 1.82) is 0 Å². The molecule has 0 bridgehead atoms. The van der Waals surface area contributed by atoms with Gasteiger partial charge in [0.2, 0.25) is 5.91 Å². The van der Waals surface area contributed by atoms with Crippen LogP contribution in [-0.2, 0) is 11.3 Å². The normalized spacial score (nSPS) is 18.0. The van der Waals surface area contributed by atoms with Gasteiger partial charge in [0.15, 0.2) is 0 Å². The number of nitrogens with zero attached hydrogens (tertiary/aromatic N) is 2. The Morgan fingerprint density at radius 1 is 1.19 bits per heavy atom. The molecule has 6 heteroatoms. The average molecular weight is 354 g/mol. The highest BCUT2D eigenvalue weighted by Gasteiger charge is 2.32. The van der Waals surface area contributed by atoms with Crippen molar-refractivity contribution in [3.8, 4) is 5.75 Å². The third kappa shape index (κ3) is 3.55. The molecule has 6 nitrogen and oxygen atoms in total. The number of anilines is 1. The number of carbonyl (C=O) groups is 2. The van der Waals surface area contributed by atoms with Gasteiger partial charge in [-0.15, -0.1) is 0 Å². The molecular formula is C20H22N2O4. The zero-order valence-corrected chi connectivity index (χ0v) is 14.9. The summed E-state index contributed by atoms with van der Waals surface area (Å²) < 4.78 is 5.24. The number of carboxylic acids is 1. The maximum Gasteiger partial charge on any atom is 0.336 e. The first kappa shape index (κ1) is 17.9. The van der Waals surface area contributed by atoms with E-state index >= 15 is 0 Å². The van der Waals surface area contributed by atoms with Gasteiger partial charge in [-0.25, -0.2) is 4.79 Å². The minimum atomic E-state index is -0.949. The van der Waals surface area contributed by atoms with E-state index < -0.39 is 5.97 Å². The summed E-state index contributed by atoms with van der Waals surface area (Å²) in [6.45, 7) is 3.50. The number of hydrogen-bond donors (Lipinski definition) is 1. The molecule has 0 spiro atoms. The first-order chi connectivity index (χ1) is 12.5. The summed E-state index contributed by atoms with van der Waals surface area (Å²) in [6.07, 6.45) is 0. The lowest BCUT2D eigenvalue weighted by Gasteiger charge is -2.39. The molecular weight excluding hydrogens is 332 g/mol. The number of amides is 1. The number of aromatic carboxylic acids is 1. The van der Waals surface area contributed by atoms with Crippen molar-refractivity contribution >= 4 is 17.6 Å². The van der Waals surface area contributed by atoms with Gasteiger partial charge in [-0.3, -0.25) is 9.69 Å². The number of piperazine rings is 1. The predicted octanol–water partition coefficient (Wildman–Crippen LogP) is 2.63. The van der Waals surface area contributed by atoms with Crippen molar-refractivity contribution in [2.75, 3.05) is 25.1 Å². The lowest BCUT2D eigenvalue weighted by atomic mass is 10.0. The van der Waals surface area contributed by atoms with Crippen LogP contribution >= 0.6 is 0 Å². The van der Waals surface area contributed by atoms with Gasteiger partial charge in [0.25, 0.3) is 0 Å². The van der Waals surface area contributed by atoms with E-state index in [4.69, 9.17) is 4.74 Å². The lowest BCUT2D eigenvalue weighted by Crippen LogP contribution is -2.55. The van der Waals surface area contributed by atoms with E-state index in [1.807, 2.05) is 42.2 Å². The Kier molecular flexibility index (Phi) is 5.23. The third-order valence-corrected chi connectivity index (χ3v) is 4.77. The second-order valence-corrected chi connectivity index (χ2v) is 6.30. The van der Waals surface area contributed by atoms with E-state index in [-0.39, 0.29) is 17.5 Å². The predicted molar refractivity (Wildman–Crippen MR) is 98.6 cm³/mol. The van der Waals surface area contributed by atoms with Crippen LogP contribution in [0.15, 0.2) is 48.5 Å². The second-order valence-electron chi connectivity index (χ2n) is 6.30. The molecule has 1 fully saturated rings. The fraction of sp³-hybridized carbons (Fsp3) is 0.300. The highest BCUT2D eigenvalue weighted by molar-refractivity contribution is 5.98. The zero-order chi connectivity index (χ0) is 18.7. The molecule has 2 aromatic rings. The molecule has 2 aromatic carbocycles. The highest BCUT2D eigenvalue weighted by Crippen LogP contribution is 2.25. The number of ether oxygens (including phenoxy) is 1. The van der Waals surface area contributed by atoms with Gasteiger partial charge in [-0.2, -0.15) is 0 Å². The van der Waals surface area contributed by atoms with Crippen molar-refractivity contribution < 1.29 is 19.4 Å². The number of benzene rings is 2. The molecule has 1 aliphatic rings. The summed E-state index contributed by atoms with van der Waals surface area (Å²) in [5, 5.41) is 9.35. The first-order valence-electron chi connectivity index (χ1n) is 8.52. The van der Waals surface area contributed by atoms with Crippen LogP contribution in [0.3, 0.4) is 0 Å². The number of carboxylic acid groups (broad SMARTS) is 1. The largest absolute Gasteiger partial charge is 0.497 e. The van der Waals surface area contributed by atoms with Crippen molar-refractivity contribution in [1.82, 2.24) is 4.90 Å². The van der Waals surface area contributed by atoms with Gasteiger partial charge in [0, 0.05) is 31.4 Å². The van der Waals surface area contributed by atoms with E-state index in [0.29, 0.717) is 25.4 Å². The zero-order valence-electron chi connectivity index (χ0n) is 14.9. The molecule has 1 aliphatic heterocycles. The summed E-state index contributed by atoms with van der Waals surface area (Å²) in [7, 11) is 1.60. The Morgan fingerprint density at radius 3 is 2.69 bits per heavy atom. The quantitative estimate of drug-likeness (QED) is 0.894. The van der Waals surface area contributed by atoms with Crippen LogP contribution in [0.4, 0.5) is 5.69 Å². The number of hydrogen-bond acceptors (Lipinski definition) is 4. The van der Waals surface area contributed by atoms with E-state index in [1.54, 1.807) is 30.2 Å². The van der Waals surface area contributed by atoms with Gasteiger partial charge in [0.05, 0.1) is 18.7 Å². The van der Waals surface area contributed by atoms with Crippen molar-refractivity contribution in [2.24, 2.45) is 0 Å². The molecule has 1 amide bonds. The van der Waals surface area contributed by atoms with Crippen LogP contribution in [-0.4, -0.2) is 48.1 Å². The smallest absolute Gasteiger partial charge is 0.336 e. The molecule has 0 aliphatic carbocycles. The number of rotatable bonds is 5. The van der Waals surface area contributed by atoms with E-state index in [0.717, 1.165) is 11.3 Å². The maximum absolute atomic E-state index is 12.9. The monoisotopic (exact) mass is 354 g/mol. The van der Waals surface area contributed by atoms with Crippen LogP contribution in [0.1, 0.15) is 22.8 Å². The van der Waals surface area contributed by atoms with Crippen LogP contribution < -0.4 is 9.64 Å². The number of methoxy groups -OCH3 is 1. The van der Waals surface area contributed by atoms with Crippen LogP contribution in [0, 0.1) is 0 Å². The van der Waals surface area contributed by atoms with E-state index in [9.17, 15) is 14.7 Å². The topological polar surface area (TPSA) is 70.1 Å². The van der Waals surface area contributed by atoms with Gasteiger partial charge in [0.1, 0.15) is 5.75 Å². The molecule has 1 unspecified atom stereocenters. The van der Waals surface area contributed by atoms with Gasteiger partial charge < -0.3 is 14.7 Å². The van der Waals surface area contributed by atoms with E-state index in [1.165, 1.54) is 0 Å². The molecule has 1 saturated heterocycles.